The quantitative estimate of drug-likeness (QED) is 0.424. The Morgan fingerprint density at radius 2 is 1.96 bits per heavy atom. The van der Waals surface area contributed by atoms with Gasteiger partial charge in [-0.1, -0.05) is 29.3 Å². The molecule has 0 aliphatic carbocycles. The summed E-state index contributed by atoms with van der Waals surface area (Å²) in [7, 11) is 1.37. The van der Waals surface area contributed by atoms with Crippen LogP contribution in [0.25, 0.3) is 0 Å². The van der Waals surface area contributed by atoms with Crippen molar-refractivity contribution in [3.63, 3.8) is 0 Å². The minimum Gasteiger partial charge on any atom is -0.490 e. The van der Waals surface area contributed by atoms with Crippen molar-refractivity contribution in [1.29, 1.82) is 0 Å². The lowest BCUT2D eigenvalue weighted by Crippen LogP contribution is -2.19. The molecule has 7 nitrogen and oxygen atoms in total. The number of carbonyl (C=O) groups excluding carboxylic acids is 1. The van der Waals surface area contributed by atoms with Gasteiger partial charge < -0.3 is 4.74 Å². The number of hydrogen-bond acceptors (Lipinski definition) is 6. The molecule has 0 saturated heterocycles. The van der Waals surface area contributed by atoms with Gasteiger partial charge in [-0.15, -0.1) is 11.8 Å². The van der Waals surface area contributed by atoms with Gasteiger partial charge in [0, 0.05) is 17.4 Å². The molecule has 0 aromatic heterocycles. The van der Waals surface area contributed by atoms with E-state index in [1.807, 2.05) is 13.8 Å². The molecule has 0 unspecified atom stereocenters. The van der Waals surface area contributed by atoms with E-state index in [9.17, 15) is 14.9 Å². The Labute approximate surface area is 162 Å². The first-order chi connectivity index (χ1) is 12.9. The van der Waals surface area contributed by atoms with Gasteiger partial charge in [-0.25, -0.2) is 5.43 Å². The van der Waals surface area contributed by atoms with Gasteiger partial charge in [-0.2, -0.15) is 5.10 Å². The fraction of sp³-hybridized carbons (Fsp3) is 0.263. The number of amides is 1. The Morgan fingerprint density at radius 1 is 1.26 bits per heavy atom. The summed E-state index contributed by atoms with van der Waals surface area (Å²) in [5.41, 5.74) is 6.35. The molecule has 0 saturated carbocycles. The molecule has 1 amide bonds. The number of hydrogen-bond donors (Lipinski definition) is 1. The first-order valence-corrected chi connectivity index (χ1v) is 9.33. The lowest BCUT2D eigenvalue weighted by molar-refractivity contribution is -0.385. The van der Waals surface area contributed by atoms with Crippen LogP contribution in [-0.4, -0.2) is 29.9 Å². The number of nitrogens with one attached hydrogen (secondary N) is 1. The van der Waals surface area contributed by atoms with Gasteiger partial charge in [-0.3, -0.25) is 14.9 Å². The Bertz CT molecular complexity index is 848. The van der Waals surface area contributed by atoms with Crippen molar-refractivity contribution < 1.29 is 14.5 Å². The fourth-order valence-corrected chi connectivity index (χ4v) is 3.31. The van der Waals surface area contributed by atoms with Crippen molar-refractivity contribution in [2.75, 3.05) is 12.9 Å². The maximum absolute atomic E-state index is 11.9. The Kier molecular flexibility index (Phi) is 7.36. The monoisotopic (exact) mass is 387 g/mol. The molecule has 0 spiro atoms. The number of hydrazone groups is 1. The molecule has 8 heteroatoms. The van der Waals surface area contributed by atoms with Gasteiger partial charge in [-0.05, 0) is 31.5 Å². The van der Waals surface area contributed by atoms with Gasteiger partial charge in [0.1, 0.15) is 0 Å². The molecular formula is C19H21N3O4S. The molecule has 2 aromatic carbocycles. The normalized spacial score (nSPS) is 10.8. The largest absolute Gasteiger partial charge is 0.490 e. The smallest absolute Gasteiger partial charge is 0.311 e. The van der Waals surface area contributed by atoms with Crippen molar-refractivity contribution in [3.05, 3.63) is 68.8 Å². The summed E-state index contributed by atoms with van der Waals surface area (Å²) >= 11 is 1.50. The predicted octanol–water partition coefficient (Wildman–Crippen LogP) is 3.60. The number of benzene rings is 2. The predicted molar refractivity (Wildman–Crippen MR) is 107 cm³/mol. The Hall–Kier alpha value is -2.87. The molecule has 1 N–H and O–H groups in total. The van der Waals surface area contributed by atoms with Crippen molar-refractivity contribution in [3.8, 4) is 5.75 Å². The van der Waals surface area contributed by atoms with E-state index in [1.54, 1.807) is 6.07 Å². The van der Waals surface area contributed by atoms with Crippen LogP contribution >= 0.6 is 11.8 Å². The van der Waals surface area contributed by atoms with E-state index in [0.717, 1.165) is 5.75 Å². The average molecular weight is 387 g/mol. The summed E-state index contributed by atoms with van der Waals surface area (Å²) in [5.74, 6) is 0.949. The lowest BCUT2D eigenvalue weighted by atomic mass is 10.1. The van der Waals surface area contributed by atoms with Gasteiger partial charge in [0.05, 0.1) is 24.0 Å². The highest BCUT2D eigenvalue weighted by atomic mass is 32.2. The first-order valence-electron chi connectivity index (χ1n) is 8.18. The Morgan fingerprint density at radius 3 is 2.59 bits per heavy atom. The summed E-state index contributed by atoms with van der Waals surface area (Å²) < 4.78 is 4.94. The molecule has 0 bridgehead atoms. The second-order valence-corrected chi connectivity index (χ2v) is 6.96. The SMILES string of the molecule is COc1ccc(/C=N\NC(=O)CSCc2cc(C)cc(C)c2)cc1[N+](=O)[O-]. The summed E-state index contributed by atoms with van der Waals surface area (Å²) in [4.78, 5) is 22.3. The number of thioether (sulfide) groups is 1. The van der Waals surface area contributed by atoms with Crippen LogP contribution in [0.3, 0.4) is 0 Å². The van der Waals surface area contributed by atoms with Crippen LogP contribution in [0.4, 0.5) is 5.69 Å². The fourth-order valence-electron chi connectivity index (χ4n) is 2.55. The first kappa shape index (κ1) is 20.4. The summed E-state index contributed by atoms with van der Waals surface area (Å²) in [6, 6.07) is 10.8. The van der Waals surface area contributed by atoms with Crippen molar-refractivity contribution in [2.24, 2.45) is 5.10 Å². The zero-order chi connectivity index (χ0) is 19.8. The van der Waals surface area contributed by atoms with E-state index in [-0.39, 0.29) is 23.1 Å². The summed E-state index contributed by atoms with van der Waals surface area (Å²) in [5, 5.41) is 14.9. The van der Waals surface area contributed by atoms with Crippen molar-refractivity contribution in [1.82, 2.24) is 5.43 Å². The number of rotatable bonds is 8. The molecule has 27 heavy (non-hydrogen) atoms. The van der Waals surface area contributed by atoms with E-state index in [2.05, 4.69) is 28.7 Å². The molecule has 0 atom stereocenters. The van der Waals surface area contributed by atoms with Gasteiger partial charge >= 0.3 is 5.69 Å². The summed E-state index contributed by atoms with van der Waals surface area (Å²) in [6.45, 7) is 4.10. The third-order valence-corrected chi connectivity index (χ3v) is 4.59. The van der Waals surface area contributed by atoms with Crippen LogP contribution in [0.15, 0.2) is 41.5 Å². The van der Waals surface area contributed by atoms with Crippen LogP contribution in [0.5, 0.6) is 5.75 Å². The van der Waals surface area contributed by atoms with Gasteiger partial charge in [0.25, 0.3) is 0 Å². The number of nitro groups is 1. The second-order valence-electron chi connectivity index (χ2n) is 5.97. The summed E-state index contributed by atoms with van der Waals surface area (Å²) in [6.07, 6.45) is 1.36. The molecule has 142 valence electrons. The number of aryl methyl sites for hydroxylation is 2. The third kappa shape index (κ3) is 6.41. The zero-order valence-corrected chi connectivity index (χ0v) is 16.2. The van der Waals surface area contributed by atoms with Gasteiger partial charge in [0.15, 0.2) is 5.75 Å². The van der Waals surface area contributed by atoms with E-state index >= 15 is 0 Å². The number of nitrogens with zero attached hydrogens (tertiary/aromatic N) is 2. The molecule has 0 heterocycles. The maximum atomic E-state index is 11.9. The topological polar surface area (TPSA) is 93.8 Å². The van der Waals surface area contributed by atoms with Crippen molar-refractivity contribution >= 4 is 29.6 Å². The Balaban J connectivity index is 1.84. The van der Waals surface area contributed by atoms with Crippen LogP contribution in [0.1, 0.15) is 22.3 Å². The number of carbonyl (C=O) groups is 1. The third-order valence-electron chi connectivity index (χ3n) is 3.59. The molecule has 0 radical (unpaired) electrons. The minimum atomic E-state index is -0.529. The van der Waals surface area contributed by atoms with Gasteiger partial charge in [0.2, 0.25) is 5.91 Å². The van der Waals surface area contributed by atoms with Crippen molar-refractivity contribution in [2.45, 2.75) is 19.6 Å². The number of ether oxygens (including phenoxy) is 1. The minimum absolute atomic E-state index is 0.156. The molecule has 0 fully saturated rings. The highest BCUT2D eigenvalue weighted by Crippen LogP contribution is 2.26. The number of nitro benzene ring substituents is 1. The highest BCUT2D eigenvalue weighted by molar-refractivity contribution is 7.99. The van der Waals surface area contributed by atoms with E-state index in [1.165, 1.54) is 53.9 Å². The second kappa shape index (κ2) is 9.72. The zero-order valence-electron chi connectivity index (χ0n) is 15.4. The van der Waals surface area contributed by atoms with E-state index in [4.69, 9.17) is 4.74 Å². The lowest BCUT2D eigenvalue weighted by Gasteiger charge is -2.05. The molecule has 0 aliphatic rings. The van der Waals surface area contributed by atoms with Crippen LogP contribution in [0.2, 0.25) is 0 Å². The molecule has 2 rings (SSSR count). The highest BCUT2D eigenvalue weighted by Gasteiger charge is 2.14. The van der Waals surface area contributed by atoms with Crippen LogP contribution < -0.4 is 10.2 Å². The molecular weight excluding hydrogens is 366 g/mol. The van der Waals surface area contributed by atoms with Crippen LogP contribution in [-0.2, 0) is 10.5 Å². The average Bonchev–Trinajstić information content (AvgIpc) is 2.60. The van der Waals surface area contributed by atoms with E-state index < -0.39 is 4.92 Å². The van der Waals surface area contributed by atoms with Crippen LogP contribution in [0, 0.1) is 24.0 Å². The molecule has 0 aliphatic heterocycles. The molecule has 2 aromatic rings. The number of methoxy groups -OCH3 is 1. The van der Waals surface area contributed by atoms with E-state index in [0.29, 0.717) is 5.56 Å². The standard InChI is InChI=1S/C19H21N3O4S/c1-13-6-14(2)8-16(7-13)11-27-12-19(23)21-20-10-15-4-5-18(26-3)17(9-15)22(24)25/h4-10H,11-12H2,1-3H3,(H,21,23)/b20-10-. The maximum Gasteiger partial charge on any atom is 0.311 e.